The molecule has 0 saturated carbocycles. The second-order valence-corrected chi connectivity index (χ2v) is 7.20. The summed E-state index contributed by atoms with van der Waals surface area (Å²) < 4.78 is 5.01. The SMILES string of the molecule is Cc1ccc(-c2ccnc(N3CCC(NCc4noc(C)n4)CC3)n2)c(C)n1. The van der Waals surface area contributed by atoms with Crippen LogP contribution in [0.15, 0.2) is 28.9 Å². The minimum absolute atomic E-state index is 0.432. The summed E-state index contributed by atoms with van der Waals surface area (Å²) in [7, 11) is 0. The molecule has 146 valence electrons. The van der Waals surface area contributed by atoms with Crippen molar-refractivity contribution in [1.82, 2.24) is 30.4 Å². The first kappa shape index (κ1) is 18.5. The Balaban J connectivity index is 1.38. The lowest BCUT2D eigenvalue weighted by Crippen LogP contribution is -2.43. The van der Waals surface area contributed by atoms with Crippen molar-refractivity contribution in [2.75, 3.05) is 18.0 Å². The van der Waals surface area contributed by atoms with Crippen LogP contribution < -0.4 is 10.2 Å². The molecule has 1 N–H and O–H groups in total. The molecule has 3 aromatic heterocycles. The summed E-state index contributed by atoms with van der Waals surface area (Å²) in [5, 5.41) is 7.44. The summed E-state index contributed by atoms with van der Waals surface area (Å²) in [6.45, 7) is 8.28. The minimum atomic E-state index is 0.432. The third kappa shape index (κ3) is 4.17. The Labute approximate surface area is 164 Å². The summed E-state index contributed by atoms with van der Waals surface area (Å²) >= 11 is 0. The van der Waals surface area contributed by atoms with Crippen molar-refractivity contribution in [2.24, 2.45) is 0 Å². The van der Waals surface area contributed by atoms with Crippen LogP contribution in [-0.2, 0) is 6.54 Å². The number of aryl methyl sites for hydroxylation is 3. The summed E-state index contributed by atoms with van der Waals surface area (Å²) in [5.74, 6) is 2.09. The fourth-order valence-electron chi connectivity index (χ4n) is 3.54. The maximum absolute atomic E-state index is 5.01. The van der Waals surface area contributed by atoms with E-state index in [0.717, 1.165) is 54.5 Å². The molecular formula is C20H25N7O. The van der Waals surface area contributed by atoms with Crippen LogP contribution >= 0.6 is 0 Å². The zero-order valence-electron chi connectivity index (χ0n) is 16.5. The van der Waals surface area contributed by atoms with E-state index in [-0.39, 0.29) is 0 Å². The van der Waals surface area contributed by atoms with Crippen LogP contribution in [0.3, 0.4) is 0 Å². The van der Waals surface area contributed by atoms with E-state index in [1.807, 2.05) is 32.2 Å². The van der Waals surface area contributed by atoms with Gasteiger partial charge in [0.15, 0.2) is 5.82 Å². The van der Waals surface area contributed by atoms with Gasteiger partial charge in [-0.3, -0.25) is 4.98 Å². The quantitative estimate of drug-likeness (QED) is 0.723. The molecule has 1 fully saturated rings. The van der Waals surface area contributed by atoms with Gasteiger partial charge in [-0.25, -0.2) is 9.97 Å². The normalized spacial score (nSPS) is 15.2. The summed E-state index contributed by atoms with van der Waals surface area (Å²) in [5.41, 5.74) is 3.98. The summed E-state index contributed by atoms with van der Waals surface area (Å²) in [4.78, 5) is 20.3. The monoisotopic (exact) mass is 379 g/mol. The third-order valence-corrected chi connectivity index (χ3v) is 5.04. The van der Waals surface area contributed by atoms with Crippen LogP contribution in [0.4, 0.5) is 5.95 Å². The highest BCUT2D eigenvalue weighted by molar-refractivity contribution is 5.62. The van der Waals surface area contributed by atoms with Crippen molar-refractivity contribution in [3.8, 4) is 11.3 Å². The van der Waals surface area contributed by atoms with Gasteiger partial charge in [0.05, 0.1) is 12.2 Å². The maximum atomic E-state index is 5.01. The Hall–Kier alpha value is -2.87. The van der Waals surface area contributed by atoms with Crippen molar-refractivity contribution in [3.05, 3.63) is 47.5 Å². The Kier molecular flexibility index (Phi) is 5.29. The molecule has 0 amide bonds. The molecule has 0 aliphatic carbocycles. The van der Waals surface area contributed by atoms with Gasteiger partial charge in [-0.2, -0.15) is 4.98 Å². The maximum Gasteiger partial charge on any atom is 0.225 e. The van der Waals surface area contributed by atoms with E-state index in [1.54, 1.807) is 6.92 Å². The van der Waals surface area contributed by atoms with Crippen molar-refractivity contribution in [1.29, 1.82) is 0 Å². The van der Waals surface area contributed by atoms with Gasteiger partial charge in [0.1, 0.15) is 0 Å². The minimum Gasteiger partial charge on any atom is -0.341 e. The molecule has 0 aromatic carbocycles. The third-order valence-electron chi connectivity index (χ3n) is 5.04. The van der Waals surface area contributed by atoms with Gasteiger partial charge in [0, 0.05) is 49.2 Å². The number of hydrogen-bond donors (Lipinski definition) is 1. The van der Waals surface area contributed by atoms with E-state index < -0.39 is 0 Å². The lowest BCUT2D eigenvalue weighted by atomic mass is 10.1. The summed E-state index contributed by atoms with van der Waals surface area (Å²) in [6, 6.07) is 6.48. The van der Waals surface area contributed by atoms with Gasteiger partial charge in [-0.15, -0.1) is 0 Å². The molecule has 0 radical (unpaired) electrons. The zero-order valence-corrected chi connectivity index (χ0v) is 16.5. The number of piperidine rings is 1. The van der Waals surface area contributed by atoms with E-state index in [2.05, 4.69) is 36.4 Å². The molecule has 4 heterocycles. The molecule has 4 rings (SSSR count). The Morgan fingerprint density at radius 3 is 2.61 bits per heavy atom. The van der Waals surface area contributed by atoms with Crippen LogP contribution in [0, 0.1) is 20.8 Å². The predicted molar refractivity (Wildman–Crippen MR) is 106 cm³/mol. The number of rotatable bonds is 5. The van der Waals surface area contributed by atoms with E-state index in [9.17, 15) is 0 Å². The first-order valence-electron chi connectivity index (χ1n) is 9.63. The van der Waals surface area contributed by atoms with Crippen LogP contribution in [-0.4, -0.2) is 44.2 Å². The van der Waals surface area contributed by atoms with Crippen LogP contribution in [0.2, 0.25) is 0 Å². The van der Waals surface area contributed by atoms with Crippen LogP contribution in [0.1, 0.15) is 35.9 Å². The van der Waals surface area contributed by atoms with Gasteiger partial charge < -0.3 is 14.7 Å². The van der Waals surface area contributed by atoms with E-state index in [4.69, 9.17) is 9.51 Å². The van der Waals surface area contributed by atoms with E-state index in [1.165, 1.54) is 0 Å². The number of anilines is 1. The Bertz CT molecular complexity index is 947. The van der Waals surface area contributed by atoms with Crippen molar-refractivity contribution in [2.45, 2.75) is 46.2 Å². The zero-order chi connectivity index (χ0) is 19.5. The Morgan fingerprint density at radius 2 is 1.89 bits per heavy atom. The van der Waals surface area contributed by atoms with Gasteiger partial charge in [0.2, 0.25) is 11.8 Å². The largest absolute Gasteiger partial charge is 0.341 e. The second-order valence-electron chi connectivity index (χ2n) is 7.20. The molecule has 1 aliphatic heterocycles. The molecule has 0 atom stereocenters. The van der Waals surface area contributed by atoms with Crippen molar-refractivity contribution in [3.63, 3.8) is 0 Å². The highest BCUT2D eigenvalue weighted by Crippen LogP contribution is 2.23. The molecule has 0 bridgehead atoms. The molecule has 1 saturated heterocycles. The average molecular weight is 379 g/mol. The Morgan fingerprint density at radius 1 is 1.07 bits per heavy atom. The predicted octanol–water partition coefficient (Wildman–Crippen LogP) is 2.61. The van der Waals surface area contributed by atoms with Crippen LogP contribution in [0.25, 0.3) is 11.3 Å². The van der Waals surface area contributed by atoms with Gasteiger partial charge >= 0.3 is 0 Å². The number of nitrogens with one attached hydrogen (secondary N) is 1. The van der Waals surface area contributed by atoms with Crippen LogP contribution in [0.5, 0.6) is 0 Å². The molecular weight excluding hydrogens is 354 g/mol. The molecule has 0 unspecified atom stereocenters. The molecule has 8 nitrogen and oxygen atoms in total. The fourth-order valence-corrected chi connectivity index (χ4v) is 3.54. The highest BCUT2D eigenvalue weighted by atomic mass is 16.5. The number of hydrogen-bond acceptors (Lipinski definition) is 8. The number of aromatic nitrogens is 5. The second kappa shape index (κ2) is 8.02. The lowest BCUT2D eigenvalue weighted by molar-refractivity contribution is 0.374. The smallest absolute Gasteiger partial charge is 0.225 e. The van der Waals surface area contributed by atoms with Gasteiger partial charge in [0.25, 0.3) is 0 Å². The van der Waals surface area contributed by atoms with E-state index in [0.29, 0.717) is 24.3 Å². The molecule has 28 heavy (non-hydrogen) atoms. The average Bonchev–Trinajstić information content (AvgIpc) is 3.12. The van der Waals surface area contributed by atoms with Gasteiger partial charge in [-0.05, 0) is 44.9 Å². The molecule has 0 spiro atoms. The standard InChI is InChI=1S/C20H25N7O/c1-13-4-5-17(14(2)23-13)18-6-9-21-20(25-18)27-10-7-16(8-11-27)22-12-19-24-15(3)28-26-19/h4-6,9,16,22H,7-8,10-12H2,1-3H3. The first-order chi connectivity index (χ1) is 13.6. The first-order valence-corrected chi connectivity index (χ1v) is 9.63. The lowest BCUT2D eigenvalue weighted by Gasteiger charge is -2.32. The highest BCUT2D eigenvalue weighted by Gasteiger charge is 2.21. The number of nitrogens with zero attached hydrogens (tertiary/aromatic N) is 6. The van der Waals surface area contributed by atoms with Gasteiger partial charge in [-0.1, -0.05) is 5.16 Å². The number of pyridine rings is 1. The van der Waals surface area contributed by atoms with Crippen molar-refractivity contribution >= 4 is 5.95 Å². The molecule has 1 aliphatic rings. The molecule has 3 aromatic rings. The topological polar surface area (TPSA) is 92.9 Å². The molecule has 8 heteroatoms. The fraction of sp³-hybridized carbons (Fsp3) is 0.450. The van der Waals surface area contributed by atoms with E-state index >= 15 is 0 Å². The van der Waals surface area contributed by atoms with Crippen molar-refractivity contribution < 1.29 is 4.52 Å². The summed E-state index contributed by atoms with van der Waals surface area (Å²) in [6.07, 6.45) is 3.88.